The highest BCUT2D eigenvalue weighted by atomic mass is 32.2. The van der Waals surface area contributed by atoms with Crippen LogP contribution in [-0.2, 0) is 32.5 Å². The minimum Gasteiger partial charge on any atom is -0.379 e. The van der Waals surface area contributed by atoms with Crippen molar-refractivity contribution >= 4 is 15.9 Å². The molecule has 1 amide bonds. The molecule has 0 saturated carbocycles. The molecule has 1 atom stereocenters. The maximum Gasteiger partial charge on any atom is 0.243 e. The molecule has 0 radical (unpaired) electrons. The summed E-state index contributed by atoms with van der Waals surface area (Å²) in [5.41, 5.74) is 3.78. The highest BCUT2D eigenvalue weighted by Crippen LogP contribution is 2.33. The topological polar surface area (TPSA) is 93.5 Å². The van der Waals surface area contributed by atoms with Gasteiger partial charge in [-0.25, -0.2) is 8.42 Å². The molecular formula is C20H26N4O4S. The van der Waals surface area contributed by atoms with E-state index in [1.54, 1.807) is 16.8 Å². The molecule has 0 unspecified atom stereocenters. The lowest BCUT2D eigenvalue weighted by Gasteiger charge is -2.26. The predicted molar refractivity (Wildman–Crippen MR) is 107 cm³/mol. The van der Waals surface area contributed by atoms with Crippen molar-refractivity contribution in [2.45, 2.75) is 44.2 Å². The van der Waals surface area contributed by atoms with Gasteiger partial charge in [-0.3, -0.25) is 9.48 Å². The average Bonchev–Trinajstić information content (AvgIpc) is 3.24. The van der Waals surface area contributed by atoms with Gasteiger partial charge < -0.3 is 10.1 Å². The SMILES string of the molecule is Cc1cc(C)n(CC(=O)N[C@H]2CCc3ccc(S(=O)(=O)N4CCOCC4)cc32)n1. The van der Waals surface area contributed by atoms with Gasteiger partial charge in [-0.05, 0) is 56.0 Å². The fraction of sp³-hybridized carbons (Fsp3) is 0.500. The highest BCUT2D eigenvalue weighted by Gasteiger charge is 2.30. The number of carbonyl (C=O) groups excluding carboxylic acids is 1. The van der Waals surface area contributed by atoms with Crippen LogP contribution in [0.25, 0.3) is 0 Å². The lowest BCUT2D eigenvalue weighted by Crippen LogP contribution is -2.40. The van der Waals surface area contributed by atoms with Gasteiger partial charge in [0.1, 0.15) is 6.54 Å². The van der Waals surface area contributed by atoms with Crippen molar-refractivity contribution in [3.63, 3.8) is 0 Å². The molecular weight excluding hydrogens is 392 g/mol. The summed E-state index contributed by atoms with van der Waals surface area (Å²) < 4.78 is 34.3. The Bertz CT molecular complexity index is 1030. The van der Waals surface area contributed by atoms with E-state index < -0.39 is 10.0 Å². The van der Waals surface area contributed by atoms with Crippen LogP contribution in [0.1, 0.15) is 35.0 Å². The second-order valence-electron chi connectivity index (χ2n) is 7.62. The number of fused-ring (bicyclic) bond motifs is 1. The monoisotopic (exact) mass is 418 g/mol. The van der Waals surface area contributed by atoms with E-state index in [1.165, 1.54) is 4.31 Å². The van der Waals surface area contributed by atoms with E-state index >= 15 is 0 Å². The zero-order valence-corrected chi connectivity index (χ0v) is 17.5. The molecule has 8 nitrogen and oxygen atoms in total. The van der Waals surface area contributed by atoms with Gasteiger partial charge in [0.05, 0.1) is 29.8 Å². The summed E-state index contributed by atoms with van der Waals surface area (Å²) in [5, 5.41) is 7.38. The van der Waals surface area contributed by atoms with E-state index in [9.17, 15) is 13.2 Å². The summed E-state index contributed by atoms with van der Waals surface area (Å²) in [5.74, 6) is -0.129. The molecule has 1 fully saturated rings. The van der Waals surface area contributed by atoms with Gasteiger partial charge in [-0.2, -0.15) is 9.40 Å². The van der Waals surface area contributed by atoms with E-state index in [0.717, 1.165) is 35.4 Å². The van der Waals surface area contributed by atoms with Gasteiger partial charge in [-0.1, -0.05) is 6.07 Å². The van der Waals surface area contributed by atoms with Crippen LogP contribution in [0, 0.1) is 13.8 Å². The smallest absolute Gasteiger partial charge is 0.243 e. The Kier molecular flexibility index (Phi) is 5.46. The molecule has 9 heteroatoms. The van der Waals surface area contributed by atoms with Crippen molar-refractivity contribution in [1.29, 1.82) is 0 Å². The summed E-state index contributed by atoms with van der Waals surface area (Å²) >= 11 is 0. The Morgan fingerprint density at radius 3 is 2.69 bits per heavy atom. The van der Waals surface area contributed by atoms with Gasteiger partial charge in [0.15, 0.2) is 0 Å². The van der Waals surface area contributed by atoms with E-state index in [-0.39, 0.29) is 23.4 Å². The second kappa shape index (κ2) is 7.89. The third-order valence-corrected chi connectivity index (χ3v) is 7.43. The lowest BCUT2D eigenvalue weighted by molar-refractivity contribution is -0.122. The molecule has 1 aliphatic heterocycles. The normalized spacial score (nSPS) is 19.9. The van der Waals surface area contributed by atoms with Gasteiger partial charge in [0.2, 0.25) is 15.9 Å². The minimum absolute atomic E-state index is 0.129. The van der Waals surface area contributed by atoms with Crippen LogP contribution in [0.3, 0.4) is 0 Å². The Balaban J connectivity index is 1.51. The third-order valence-electron chi connectivity index (χ3n) is 5.53. The van der Waals surface area contributed by atoms with Crippen LogP contribution in [0.2, 0.25) is 0 Å². The summed E-state index contributed by atoms with van der Waals surface area (Å²) in [6.45, 7) is 5.51. The molecule has 2 heterocycles. The number of morpholine rings is 1. The summed E-state index contributed by atoms with van der Waals surface area (Å²) in [6, 6.07) is 7.01. The molecule has 2 aromatic rings. The number of aryl methyl sites for hydroxylation is 3. The summed E-state index contributed by atoms with van der Waals surface area (Å²) in [6.07, 6.45) is 1.58. The summed E-state index contributed by atoms with van der Waals surface area (Å²) in [4.78, 5) is 12.8. The molecule has 1 aromatic heterocycles. The van der Waals surface area contributed by atoms with Gasteiger partial charge in [0.25, 0.3) is 0 Å². The number of sulfonamides is 1. The number of benzene rings is 1. The Labute approximate surface area is 170 Å². The van der Waals surface area contributed by atoms with Gasteiger partial charge in [0, 0.05) is 18.8 Å². The molecule has 4 rings (SSSR count). The van der Waals surface area contributed by atoms with Crippen molar-refractivity contribution in [2.75, 3.05) is 26.3 Å². The largest absolute Gasteiger partial charge is 0.379 e. The maximum absolute atomic E-state index is 13.0. The average molecular weight is 419 g/mol. The molecule has 1 aromatic carbocycles. The molecule has 29 heavy (non-hydrogen) atoms. The number of ether oxygens (including phenoxy) is 1. The van der Waals surface area contributed by atoms with Crippen molar-refractivity contribution in [1.82, 2.24) is 19.4 Å². The molecule has 2 aliphatic rings. The van der Waals surface area contributed by atoms with Crippen LogP contribution >= 0.6 is 0 Å². The lowest BCUT2D eigenvalue weighted by atomic mass is 10.1. The number of aromatic nitrogens is 2. The number of nitrogens with zero attached hydrogens (tertiary/aromatic N) is 3. The van der Waals surface area contributed by atoms with Crippen LogP contribution in [0.5, 0.6) is 0 Å². The molecule has 1 aliphatic carbocycles. The quantitative estimate of drug-likeness (QED) is 0.791. The Morgan fingerprint density at radius 2 is 2.00 bits per heavy atom. The van der Waals surface area contributed by atoms with Crippen LogP contribution in [0.4, 0.5) is 0 Å². The number of hydrogen-bond donors (Lipinski definition) is 1. The molecule has 1 N–H and O–H groups in total. The number of nitrogens with one attached hydrogen (secondary N) is 1. The van der Waals surface area contributed by atoms with Crippen LogP contribution in [0.15, 0.2) is 29.2 Å². The third kappa shape index (κ3) is 4.08. The van der Waals surface area contributed by atoms with E-state index in [2.05, 4.69) is 10.4 Å². The van der Waals surface area contributed by atoms with E-state index in [0.29, 0.717) is 26.3 Å². The Hall–Kier alpha value is -2.23. The molecule has 156 valence electrons. The fourth-order valence-corrected chi connectivity index (χ4v) is 5.48. The first-order valence-electron chi connectivity index (χ1n) is 9.86. The number of carbonyl (C=O) groups is 1. The maximum atomic E-state index is 13.0. The number of hydrogen-bond acceptors (Lipinski definition) is 5. The van der Waals surface area contributed by atoms with Gasteiger partial charge in [-0.15, -0.1) is 0 Å². The van der Waals surface area contributed by atoms with Crippen LogP contribution < -0.4 is 5.32 Å². The number of rotatable bonds is 5. The molecule has 0 spiro atoms. The highest BCUT2D eigenvalue weighted by molar-refractivity contribution is 7.89. The van der Waals surface area contributed by atoms with Crippen molar-refractivity contribution in [3.8, 4) is 0 Å². The second-order valence-corrected chi connectivity index (χ2v) is 9.56. The van der Waals surface area contributed by atoms with Crippen molar-refractivity contribution in [2.24, 2.45) is 0 Å². The standard InChI is InChI=1S/C20H26N4O4S/c1-14-11-15(2)24(22-14)13-20(25)21-19-6-4-16-3-5-17(12-18(16)19)29(26,27)23-7-9-28-10-8-23/h3,5,11-12,19H,4,6-10,13H2,1-2H3,(H,21,25)/t19-/m0/s1. The minimum atomic E-state index is -3.56. The van der Waals surface area contributed by atoms with E-state index in [1.807, 2.05) is 26.0 Å². The zero-order chi connectivity index (χ0) is 20.6. The Morgan fingerprint density at radius 1 is 1.24 bits per heavy atom. The first-order valence-corrected chi connectivity index (χ1v) is 11.3. The first-order chi connectivity index (χ1) is 13.8. The van der Waals surface area contributed by atoms with Crippen LogP contribution in [-0.4, -0.2) is 54.7 Å². The summed E-state index contributed by atoms with van der Waals surface area (Å²) in [7, 11) is -3.56. The van der Waals surface area contributed by atoms with Crippen molar-refractivity contribution in [3.05, 3.63) is 46.8 Å². The van der Waals surface area contributed by atoms with E-state index in [4.69, 9.17) is 4.74 Å². The number of amides is 1. The zero-order valence-electron chi connectivity index (χ0n) is 16.7. The molecule has 1 saturated heterocycles. The fourth-order valence-electron chi connectivity index (χ4n) is 4.04. The van der Waals surface area contributed by atoms with Gasteiger partial charge >= 0.3 is 0 Å². The first kappa shape index (κ1) is 20.1. The molecule has 0 bridgehead atoms. The predicted octanol–water partition coefficient (Wildman–Crippen LogP) is 1.32. The van der Waals surface area contributed by atoms with Crippen molar-refractivity contribution < 1.29 is 17.9 Å².